The Morgan fingerprint density at radius 2 is 1.90 bits per heavy atom. The number of para-hydroxylation sites is 1. The van der Waals surface area contributed by atoms with Crippen molar-refractivity contribution >= 4 is 17.6 Å². The van der Waals surface area contributed by atoms with E-state index in [1.54, 1.807) is 0 Å². The van der Waals surface area contributed by atoms with E-state index in [0.717, 1.165) is 11.3 Å². The average molecular weight is 292 g/mol. The van der Waals surface area contributed by atoms with Crippen LogP contribution in [0.5, 0.6) is 0 Å². The molecule has 1 rings (SSSR count). The first kappa shape index (κ1) is 17.2. The van der Waals surface area contributed by atoms with Crippen LogP contribution < -0.4 is 10.6 Å². The van der Waals surface area contributed by atoms with Crippen molar-refractivity contribution in [1.82, 2.24) is 0 Å². The van der Waals surface area contributed by atoms with Gasteiger partial charge in [0, 0.05) is 24.7 Å². The molecule has 1 aromatic rings. The minimum atomic E-state index is -0.922. The fraction of sp³-hybridized carbons (Fsp3) is 0.500. The summed E-state index contributed by atoms with van der Waals surface area (Å²) in [5, 5.41) is 8.87. The van der Waals surface area contributed by atoms with Gasteiger partial charge in [-0.3, -0.25) is 9.59 Å². The number of rotatable bonds is 7. The van der Waals surface area contributed by atoms with E-state index in [4.69, 9.17) is 10.8 Å². The van der Waals surface area contributed by atoms with Crippen molar-refractivity contribution in [3.63, 3.8) is 0 Å². The molecule has 1 atom stereocenters. The Kier molecular flexibility index (Phi) is 6.37. The van der Waals surface area contributed by atoms with Gasteiger partial charge in [-0.15, -0.1) is 0 Å². The van der Waals surface area contributed by atoms with E-state index in [1.807, 2.05) is 45.0 Å². The number of benzene rings is 1. The Morgan fingerprint density at radius 1 is 1.29 bits per heavy atom. The van der Waals surface area contributed by atoms with Gasteiger partial charge in [0.05, 0.1) is 6.42 Å². The molecule has 0 aromatic heterocycles. The predicted molar refractivity (Wildman–Crippen MR) is 83.2 cm³/mol. The molecule has 0 saturated carbocycles. The van der Waals surface area contributed by atoms with Crippen LogP contribution in [0.4, 0.5) is 5.69 Å². The van der Waals surface area contributed by atoms with E-state index < -0.39 is 5.97 Å². The lowest BCUT2D eigenvalue weighted by Crippen LogP contribution is -2.39. The molecule has 0 heterocycles. The Morgan fingerprint density at radius 3 is 2.43 bits per heavy atom. The van der Waals surface area contributed by atoms with Crippen molar-refractivity contribution < 1.29 is 14.7 Å². The number of amides is 1. The van der Waals surface area contributed by atoms with E-state index in [9.17, 15) is 9.59 Å². The Bertz CT molecular complexity index is 500. The highest BCUT2D eigenvalue weighted by atomic mass is 16.4. The summed E-state index contributed by atoms with van der Waals surface area (Å²) in [5.74, 6) is -0.853. The molecule has 1 amide bonds. The number of carboxylic acids is 1. The molecule has 1 unspecified atom stereocenters. The van der Waals surface area contributed by atoms with E-state index in [1.165, 1.54) is 4.90 Å². The zero-order valence-corrected chi connectivity index (χ0v) is 12.9. The van der Waals surface area contributed by atoms with Gasteiger partial charge in [-0.2, -0.15) is 0 Å². The van der Waals surface area contributed by atoms with E-state index in [0.29, 0.717) is 0 Å². The lowest BCUT2D eigenvalue weighted by Gasteiger charge is -2.26. The van der Waals surface area contributed by atoms with Crippen LogP contribution >= 0.6 is 0 Å². The molecule has 5 nitrogen and oxygen atoms in total. The van der Waals surface area contributed by atoms with Gasteiger partial charge in [-0.05, 0) is 24.5 Å². The van der Waals surface area contributed by atoms with Crippen LogP contribution in [-0.2, 0) is 9.59 Å². The third-order valence-corrected chi connectivity index (χ3v) is 3.52. The maximum Gasteiger partial charge on any atom is 0.305 e. The van der Waals surface area contributed by atoms with Crippen LogP contribution in [0.25, 0.3) is 0 Å². The lowest BCUT2D eigenvalue weighted by molar-refractivity contribution is -0.136. The molecule has 21 heavy (non-hydrogen) atoms. The second-order valence-corrected chi connectivity index (χ2v) is 5.59. The van der Waals surface area contributed by atoms with Crippen LogP contribution in [0.2, 0.25) is 0 Å². The predicted octanol–water partition coefficient (Wildman–Crippen LogP) is 2.18. The largest absolute Gasteiger partial charge is 0.481 e. The molecule has 116 valence electrons. The number of carboxylic acid groups (broad SMARTS) is 1. The number of nitrogens with two attached hydrogens (primary N) is 1. The molecule has 0 aliphatic heterocycles. The summed E-state index contributed by atoms with van der Waals surface area (Å²) >= 11 is 0. The molecule has 1 aromatic carbocycles. The standard InChI is InChI=1S/C16H24N2O3/c1-11(2)13(17)10-15(19)18(9-8-16(20)21)14-7-5-4-6-12(14)3/h4-7,11,13H,8-10,17H2,1-3H3,(H,20,21). The van der Waals surface area contributed by atoms with Crippen molar-refractivity contribution in [1.29, 1.82) is 0 Å². The van der Waals surface area contributed by atoms with Gasteiger partial charge in [0.2, 0.25) is 5.91 Å². The summed E-state index contributed by atoms with van der Waals surface area (Å²) in [6.45, 7) is 5.99. The van der Waals surface area contributed by atoms with Crippen molar-refractivity contribution in [3.8, 4) is 0 Å². The van der Waals surface area contributed by atoms with Crippen LogP contribution in [0.15, 0.2) is 24.3 Å². The van der Waals surface area contributed by atoms with E-state index in [2.05, 4.69) is 0 Å². The fourth-order valence-corrected chi connectivity index (χ4v) is 2.00. The Labute approximate surface area is 125 Å². The molecule has 0 spiro atoms. The van der Waals surface area contributed by atoms with Gasteiger partial charge in [-0.1, -0.05) is 32.0 Å². The third kappa shape index (κ3) is 5.19. The van der Waals surface area contributed by atoms with E-state index >= 15 is 0 Å². The van der Waals surface area contributed by atoms with Crippen LogP contribution in [0.1, 0.15) is 32.3 Å². The van der Waals surface area contributed by atoms with Crippen molar-refractivity contribution in [3.05, 3.63) is 29.8 Å². The Balaban J connectivity index is 2.94. The van der Waals surface area contributed by atoms with Crippen molar-refractivity contribution in [2.24, 2.45) is 11.7 Å². The summed E-state index contributed by atoms with van der Waals surface area (Å²) < 4.78 is 0. The normalized spacial score (nSPS) is 12.2. The molecule has 0 bridgehead atoms. The van der Waals surface area contributed by atoms with E-state index in [-0.39, 0.29) is 37.3 Å². The molecule has 0 saturated heterocycles. The maximum atomic E-state index is 12.5. The van der Waals surface area contributed by atoms with Crippen molar-refractivity contribution in [2.75, 3.05) is 11.4 Å². The smallest absolute Gasteiger partial charge is 0.305 e. The molecular formula is C16H24N2O3. The number of carbonyl (C=O) groups excluding carboxylic acids is 1. The zero-order valence-electron chi connectivity index (χ0n) is 12.9. The number of hydrogen-bond donors (Lipinski definition) is 2. The topological polar surface area (TPSA) is 83.6 Å². The zero-order chi connectivity index (χ0) is 16.0. The lowest BCUT2D eigenvalue weighted by atomic mass is 10.0. The third-order valence-electron chi connectivity index (χ3n) is 3.52. The maximum absolute atomic E-state index is 12.5. The average Bonchev–Trinajstić information content (AvgIpc) is 2.40. The SMILES string of the molecule is Cc1ccccc1N(CCC(=O)O)C(=O)CC(N)C(C)C. The number of aryl methyl sites for hydroxylation is 1. The number of hydrogen-bond acceptors (Lipinski definition) is 3. The van der Waals surface area contributed by atoms with Crippen LogP contribution in [-0.4, -0.2) is 29.6 Å². The first-order chi connectivity index (χ1) is 9.82. The number of anilines is 1. The van der Waals surface area contributed by atoms with Gasteiger partial charge in [0.15, 0.2) is 0 Å². The monoisotopic (exact) mass is 292 g/mol. The fourth-order valence-electron chi connectivity index (χ4n) is 2.00. The summed E-state index contributed by atoms with van der Waals surface area (Å²) in [7, 11) is 0. The van der Waals surface area contributed by atoms with Crippen LogP contribution in [0, 0.1) is 12.8 Å². The first-order valence-electron chi connectivity index (χ1n) is 7.16. The second-order valence-electron chi connectivity index (χ2n) is 5.59. The molecule has 3 N–H and O–H groups in total. The number of aliphatic carboxylic acids is 1. The summed E-state index contributed by atoms with van der Waals surface area (Å²) in [6, 6.07) is 7.23. The molecular weight excluding hydrogens is 268 g/mol. The minimum absolute atomic E-state index is 0.0863. The van der Waals surface area contributed by atoms with Gasteiger partial charge in [0.1, 0.15) is 0 Å². The van der Waals surface area contributed by atoms with Gasteiger partial charge >= 0.3 is 5.97 Å². The quantitative estimate of drug-likeness (QED) is 0.806. The molecule has 0 aliphatic carbocycles. The molecule has 5 heteroatoms. The highest BCUT2D eigenvalue weighted by Crippen LogP contribution is 2.21. The molecule has 0 radical (unpaired) electrons. The summed E-state index contributed by atoms with van der Waals surface area (Å²) in [6.07, 6.45) is 0.128. The summed E-state index contributed by atoms with van der Waals surface area (Å²) in [5.41, 5.74) is 7.65. The van der Waals surface area contributed by atoms with Crippen molar-refractivity contribution in [2.45, 2.75) is 39.7 Å². The highest BCUT2D eigenvalue weighted by molar-refractivity contribution is 5.94. The summed E-state index contributed by atoms with van der Waals surface area (Å²) in [4.78, 5) is 24.8. The second kappa shape index (κ2) is 7.78. The van der Waals surface area contributed by atoms with Gasteiger partial charge < -0.3 is 15.7 Å². The Hall–Kier alpha value is -1.88. The highest BCUT2D eigenvalue weighted by Gasteiger charge is 2.21. The first-order valence-corrected chi connectivity index (χ1v) is 7.16. The van der Waals surface area contributed by atoms with Gasteiger partial charge in [-0.25, -0.2) is 0 Å². The molecule has 0 aliphatic rings. The minimum Gasteiger partial charge on any atom is -0.481 e. The number of carbonyl (C=O) groups is 2. The number of nitrogens with zero attached hydrogens (tertiary/aromatic N) is 1. The van der Waals surface area contributed by atoms with Crippen LogP contribution in [0.3, 0.4) is 0 Å². The molecule has 0 fully saturated rings. The van der Waals surface area contributed by atoms with Gasteiger partial charge in [0.25, 0.3) is 0 Å².